The highest BCUT2D eigenvalue weighted by Crippen LogP contribution is 2.35. The molecule has 0 aliphatic carbocycles. The second-order valence-corrected chi connectivity index (χ2v) is 22.7. The van der Waals surface area contributed by atoms with E-state index in [0.29, 0.717) is 42.8 Å². The lowest BCUT2D eigenvalue weighted by Crippen LogP contribution is -2.51. The fourth-order valence-corrected chi connectivity index (χ4v) is 10.7. The van der Waals surface area contributed by atoms with E-state index in [4.69, 9.17) is 119 Å². The molecule has 27 nitrogen and oxygen atoms in total. The van der Waals surface area contributed by atoms with Crippen molar-refractivity contribution in [2.24, 2.45) is 35.5 Å². The minimum absolute atomic E-state index is 0.0331. The molecule has 3 N–H and O–H groups in total. The Morgan fingerprint density at radius 1 is 0.337 bits per heavy atom. The first kappa shape index (κ1) is 79.2. The summed E-state index contributed by atoms with van der Waals surface area (Å²) in [7, 11) is 18.7. The van der Waals surface area contributed by atoms with E-state index >= 15 is 0 Å². The first-order valence-electron chi connectivity index (χ1n) is 30.2. The van der Waals surface area contributed by atoms with Crippen molar-refractivity contribution in [1.82, 2.24) is 0 Å². The first-order chi connectivity index (χ1) is 41.1. The van der Waals surface area contributed by atoms with Crippen LogP contribution >= 0.6 is 0 Å². The van der Waals surface area contributed by atoms with Crippen LogP contribution in [0.4, 0.5) is 0 Å². The largest absolute Gasteiger partial charge is 0.396 e. The smallest absolute Gasteiger partial charge is 0.211 e. The van der Waals surface area contributed by atoms with Crippen molar-refractivity contribution in [3.05, 3.63) is 0 Å². The summed E-state index contributed by atoms with van der Waals surface area (Å²) in [6, 6.07) is 0. The number of rotatable bonds is 20. The van der Waals surface area contributed by atoms with Gasteiger partial charge in [0.05, 0.1) is 49.8 Å². The van der Waals surface area contributed by atoms with E-state index in [0.717, 1.165) is 19.3 Å². The van der Waals surface area contributed by atoms with Crippen LogP contribution in [0.1, 0.15) is 95.4 Å². The summed E-state index contributed by atoms with van der Waals surface area (Å²) < 4.78 is 129. The molecule has 8 aliphatic rings. The molecule has 27 heteroatoms. The molecule has 0 radical (unpaired) electrons. The highest BCUT2D eigenvalue weighted by Gasteiger charge is 2.50. The fraction of sp³-hybridized carbons (Fsp3) is 1.00. The molecule has 0 bridgehead atoms. The van der Waals surface area contributed by atoms with E-state index in [2.05, 4.69) is 55.4 Å². The van der Waals surface area contributed by atoms with Gasteiger partial charge in [0.15, 0.2) is 25.2 Å². The molecule has 8 heterocycles. The molecule has 8 rings (SSSR count). The average Bonchev–Trinajstić information content (AvgIpc) is 4.35. The Kier molecular flexibility index (Phi) is 37.6. The lowest BCUT2D eigenvalue weighted by atomic mass is 9.96. The number of hydrogen-bond donors (Lipinski definition) is 3. The maximum atomic E-state index is 9.92. The van der Waals surface area contributed by atoms with Crippen molar-refractivity contribution in [3.63, 3.8) is 0 Å². The molecule has 512 valence electrons. The summed E-state index contributed by atoms with van der Waals surface area (Å²) in [5.41, 5.74) is 0. The molecule has 0 aromatic carbocycles. The molecule has 0 aromatic rings. The molecular formula is C59H114O27. The Morgan fingerprint density at radius 3 is 0.860 bits per heavy atom. The van der Waals surface area contributed by atoms with Gasteiger partial charge in [0, 0.05) is 110 Å². The normalized spacial score (nSPS) is 42.2. The molecule has 0 spiro atoms. The Morgan fingerprint density at radius 2 is 0.593 bits per heavy atom. The van der Waals surface area contributed by atoms with Crippen LogP contribution < -0.4 is 0 Å². The van der Waals surface area contributed by atoms with Crippen molar-refractivity contribution in [3.8, 4) is 0 Å². The Balaban J connectivity index is 0.000000270. The zero-order chi connectivity index (χ0) is 64.5. The van der Waals surface area contributed by atoms with Crippen LogP contribution in [0.2, 0.25) is 0 Å². The van der Waals surface area contributed by atoms with Crippen LogP contribution in [0.5, 0.6) is 0 Å². The number of ether oxygens (including phenoxy) is 24. The molecule has 86 heavy (non-hydrogen) atoms. The fourth-order valence-electron chi connectivity index (χ4n) is 10.7. The van der Waals surface area contributed by atoms with Crippen LogP contribution in [0, 0.1) is 35.5 Å². The predicted molar refractivity (Wildman–Crippen MR) is 307 cm³/mol. The molecule has 8 aliphatic heterocycles. The summed E-state index contributed by atoms with van der Waals surface area (Å²) >= 11 is 0. The van der Waals surface area contributed by atoms with Gasteiger partial charge < -0.3 is 129 Å². The van der Waals surface area contributed by atoms with Crippen molar-refractivity contribution in [2.45, 2.75) is 244 Å². The van der Waals surface area contributed by atoms with Crippen molar-refractivity contribution in [2.75, 3.05) is 105 Å². The molecule has 0 unspecified atom stereocenters. The lowest BCUT2D eigenvalue weighted by Gasteiger charge is -2.41. The summed E-state index contributed by atoms with van der Waals surface area (Å²) in [6.45, 7) is 24.0. The summed E-state index contributed by atoms with van der Waals surface area (Å²) in [4.78, 5) is 0. The van der Waals surface area contributed by atoms with Crippen molar-refractivity contribution in [1.29, 1.82) is 0 Å². The van der Waals surface area contributed by atoms with E-state index < -0.39 is 87.3 Å². The van der Waals surface area contributed by atoms with Gasteiger partial charge in [-0.15, -0.1) is 0 Å². The number of fused-ring (bicyclic) bond motifs is 2. The van der Waals surface area contributed by atoms with Gasteiger partial charge in [-0.1, -0.05) is 81.6 Å². The quantitative estimate of drug-likeness (QED) is 0.152. The number of aliphatic hydroxyl groups excluding tert-OH is 3. The molecular weight excluding hydrogens is 1140 g/mol. The third kappa shape index (κ3) is 21.5. The van der Waals surface area contributed by atoms with Crippen LogP contribution in [-0.2, 0) is 114 Å². The van der Waals surface area contributed by atoms with Crippen LogP contribution in [0.3, 0.4) is 0 Å². The molecule has 8 fully saturated rings. The second kappa shape index (κ2) is 40.8. The third-order valence-electron chi connectivity index (χ3n) is 16.7. The van der Waals surface area contributed by atoms with Crippen LogP contribution in [0.25, 0.3) is 0 Å². The SMILES string of the molecule is CC[C@@H](C)[C@@H]1O[C@H](OC)[C@H](OC)O[C@H]1C.CC[C@@H](C)[C@@H]1O[C@H](OC)[C@H](OC)O[C@H]1C.CC[C@@H](C)[C@@H]1O[C@H](OC)[C@H](OC)[C@H]1O.CO[C@@H]1O[C@@H]2OC[C@@H](C)[C@@H]2O[C@@H]1OC.CO[C@@H]1O[C@@H]2OC[C@@H](C)[C@@H]2O[C@@H]1OC.CO[C@H]1O[C@@H]([C@H](C)CO)[C@H](O)[C@H]1OC. The predicted octanol–water partition coefficient (Wildman–Crippen LogP) is 4.38. The summed E-state index contributed by atoms with van der Waals surface area (Å²) in [6.07, 6.45) is -4.92. The van der Waals surface area contributed by atoms with Gasteiger partial charge >= 0.3 is 0 Å². The van der Waals surface area contributed by atoms with Gasteiger partial charge in [0.25, 0.3) is 0 Å². The Bertz CT molecular complexity index is 1600. The monoisotopic (exact) mass is 1250 g/mol. The third-order valence-corrected chi connectivity index (χ3v) is 16.7. The standard InChI is InChI=1S/2C11H22O4.C10H20O4.2C9H16O5.C9H18O5/c2*1-6-7(2)9-8(3)14-10(12-4)11(13-5)15-9;1-5-6(2)8-7(11)9(12-3)10(13-4)14-8;2*1-5-4-12-7-6(5)13-8(10-2)9(11-3)14-7;1-5(4-10)7-6(11)8(12-2)9(13-3)14-7/h2*7-11H,6H2,1-5H3;6-11H,5H2,1-4H3;2*5-9H,4H2,1-3H3;5-11H,4H2,1-3H3/t2*7-,8+,9+,10-,11+;6-,7+,8+,9-,10+;2*5-,6+,7+,8+,9-;5-,6+,7+,8-,9+/m111111/s1. The lowest BCUT2D eigenvalue weighted by molar-refractivity contribution is -0.378. The maximum Gasteiger partial charge on any atom is 0.211 e. The Hall–Kier alpha value is -1.08. The average molecular weight is 1260 g/mol. The molecule has 0 aromatic heterocycles. The maximum absolute atomic E-state index is 9.92. The van der Waals surface area contributed by atoms with E-state index in [1.807, 2.05) is 13.8 Å². The number of hydrogen-bond acceptors (Lipinski definition) is 27. The minimum atomic E-state index is -0.757. The molecule has 8 saturated heterocycles. The molecule has 0 amide bonds. The van der Waals surface area contributed by atoms with Crippen LogP contribution in [0.15, 0.2) is 0 Å². The first-order valence-corrected chi connectivity index (χ1v) is 30.2. The van der Waals surface area contributed by atoms with Crippen LogP contribution in [-0.4, -0.2) is 269 Å². The van der Waals surface area contributed by atoms with Gasteiger partial charge in [0.1, 0.15) is 36.6 Å². The van der Waals surface area contributed by atoms with Gasteiger partial charge in [-0.2, -0.15) is 0 Å². The topological polar surface area (TPSA) is 282 Å². The van der Waals surface area contributed by atoms with Gasteiger partial charge in [-0.05, 0) is 31.6 Å². The highest BCUT2D eigenvalue weighted by atomic mass is 16.9. The zero-order valence-electron chi connectivity index (χ0n) is 55.7. The van der Waals surface area contributed by atoms with Gasteiger partial charge in [-0.3, -0.25) is 0 Å². The van der Waals surface area contributed by atoms with Crippen molar-refractivity contribution >= 4 is 0 Å². The van der Waals surface area contributed by atoms with Gasteiger partial charge in [0.2, 0.25) is 50.3 Å². The van der Waals surface area contributed by atoms with E-state index in [1.165, 1.54) is 14.2 Å². The minimum Gasteiger partial charge on any atom is -0.396 e. The van der Waals surface area contributed by atoms with E-state index in [9.17, 15) is 10.2 Å². The highest BCUT2D eigenvalue weighted by molar-refractivity contribution is 4.91. The zero-order valence-corrected chi connectivity index (χ0v) is 55.7. The molecule has 30 atom stereocenters. The Labute approximate surface area is 512 Å². The van der Waals surface area contributed by atoms with E-state index in [-0.39, 0.29) is 73.9 Å². The second-order valence-electron chi connectivity index (χ2n) is 22.7. The van der Waals surface area contributed by atoms with E-state index in [1.54, 1.807) is 78.0 Å². The van der Waals surface area contributed by atoms with Crippen molar-refractivity contribution < 1.29 is 129 Å². The van der Waals surface area contributed by atoms with Gasteiger partial charge in [-0.25, -0.2) is 0 Å². The summed E-state index contributed by atoms with van der Waals surface area (Å²) in [5, 5.41) is 28.7. The summed E-state index contributed by atoms with van der Waals surface area (Å²) in [5.74, 6) is 1.74. The number of aliphatic hydroxyl groups is 3. The number of methoxy groups -OCH3 is 12. The molecule has 0 saturated carbocycles.